The van der Waals surface area contributed by atoms with Crippen molar-refractivity contribution < 1.29 is 22.7 Å². The molecule has 0 bridgehead atoms. The van der Waals surface area contributed by atoms with Crippen molar-refractivity contribution in [3.8, 4) is 5.75 Å². The number of hydrogen-bond acceptors (Lipinski definition) is 4. The minimum atomic E-state index is -4.65. The van der Waals surface area contributed by atoms with E-state index in [0.29, 0.717) is 36.7 Å². The van der Waals surface area contributed by atoms with Gasteiger partial charge in [0.25, 0.3) is 0 Å². The summed E-state index contributed by atoms with van der Waals surface area (Å²) >= 11 is 11.8. The maximum absolute atomic E-state index is 12.9. The van der Waals surface area contributed by atoms with E-state index in [1.165, 1.54) is 6.92 Å². The van der Waals surface area contributed by atoms with Gasteiger partial charge in [-0.3, -0.25) is 9.48 Å². The number of carbonyl (C=O) groups excluding carboxylic acids is 1. The maximum atomic E-state index is 12.9. The summed E-state index contributed by atoms with van der Waals surface area (Å²) in [6.07, 6.45) is -3.45. The number of halogens is 5. The number of ketones is 1. The number of carbonyl (C=O) groups is 1. The number of rotatable bonds is 5. The second-order valence-corrected chi connectivity index (χ2v) is 7.74. The minimum absolute atomic E-state index is 0.137. The van der Waals surface area contributed by atoms with Crippen molar-refractivity contribution in [2.24, 2.45) is 5.92 Å². The third-order valence-corrected chi connectivity index (χ3v) is 5.92. The smallest absolute Gasteiger partial charge is 0.436 e. The zero-order valence-corrected chi connectivity index (χ0v) is 17.4. The highest BCUT2D eigenvalue weighted by Crippen LogP contribution is 2.36. The zero-order chi connectivity index (χ0) is 21.3. The standard InChI is InChI=1S/C19H20Cl2F3N3O2/c1-11-17(21)18(19(22,23)24)25-27(11)10-15(28)12-5-7-26(8-6-12)13-3-4-14(20)16(9-13)29-2/h3-4,9,12H,5-8,10H2,1-2H3. The summed E-state index contributed by atoms with van der Waals surface area (Å²) in [7, 11) is 1.55. The number of ether oxygens (including phenoxy) is 1. The highest BCUT2D eigenvalue weighted by atomic mass is 35.5. The van der Waals surface area contributed by atoms with Crippen LogP contribution in [0.4, 0.5) is 18.9 Å². The van der Waals surface area contributed by atoms with Crippen molar-refractivity contribution in [3.05, 3.63) is 39.6 Å². The Morgan fingerprint density at radius 1 is 1.28 bits per heavy atom. The highest BCUT2D eigenvalue weighted by molar-refractivity contribution is 6.32. The monoisotopic (exact) mass is 449 g/mol. The predicted octanol–water partition coefficient (Wildman–Crippen LogP) is 5.01. The average Bonchev–Trinajstić information content (AvgIpc) is 2.97. The van der Waals surface area contributed by atoms with Crippen LogP contribution in [0.5, 0.6) is 5.75 Å². The molecule has 1 aliphatic rings. The van der Waals surface area contributed by atoms with Crippen molar-refractivity contribution in [2.75, 3.05) is 25.1 Å². The number of benzene rings is 1. The van der Waals surface area contributed by atoms with E-state index in [4.69, 9.17) is 27.9 Å². The van der Waals surface area contributed by atoms with Gasteiger partial charge in [0.05, 0.1) is 22.8 Å². The van der Waals surface area contributed by atoms with Gasteiger partial charge in [0.1, 0.15) is 12.3 Å². The second kappa shape index (κ2) is 8.44. The SMILES string of the molecule is COc1cc(N2CCC(C(=O)Cn3nc(C(F)(F)F)c(Cl)c3C)CC2)ccc1Cl. The Balaban J connectivity index is 1.64. The summed E-state index contributed by atoms with van der Waals surface area (Å²) in [6.45, 7) is 2.50. The van der Waals surface area contributed by atoms with E-state index in [2.05, 4.69) is 10.00 Å². The summed E-state index contributed by atoms with van der Waals surface area (Å²) < 4.78 is 45.1. The predicted molar refractivity (Wildman–Crippen MR) is 105 cm³/mol. The molecule has 2 heterocycles. The van der Waals surface area contributed by atoms with Gasteiger partial charge in [0.2, 0.25) is 0 Å². The van der Waals surface area contributed by atoms with Crippen LogP contribution in [0.2, 0.25) is 10.0 Å². The average molecular weight is 450 g/mol. The van der Waals surface area contributed by atoms with E-state index in [1.807, 2.05) is 12.1 Å². The third kappa shape index (κ3) is 4.64. The molecule has 0 atom stereocenters. The molecule has 0 saturated carbocycles. The molecule has 1 aromatic carbocycles. The summed E-state index contributed by atoms with van der Waals surface area (Å²) in [5, 5.41) is 3.57. The molecule has 2 aromatic rings. The van der Waals surface area contributed by atoms with Gasteiger partial charge in [0.15, 0.2) is 11.5 Å². The Hall–Kier alpha value is -1.93. The summed E-state index contributed by atoms with van der Waals surface area (Å²) in [4.78, 5) is 14.8. The summed E-state index contributed by atoms with van der Waals surface area (Å²) in [5.41, 5.74) is -0.0734. The fraction of sp³-hybridized carbons (Fsp3) is 0.474. The van der Waals surface area contributed by atoms with Crippen molar-refractivity contribution >= 4 is 34.7 Å². The lowest BCUT2D eigenvalue weighted by molar-refractivity contribution is -0.141. The molecule has 0 N–H and O–H groups in total. The van der Waals surface area contributed by atoms with E-state index >= 15 is 0 Å². The number of aromatic nitrogens is 2. The van der Waals surface area contributed by atoms with Gasteiger partial charge in [0, 0.05) is 30.8 Å². The largest absolute Gasteiger partial charge is 0.495 e. The number of methoxy groups -OCH3 is 1. The molecule has 0 spiro atoms. The lowest BCUT2D eigenvalue weighted by Crippen LogP contribution is -2.37. The quantitative estimate of drug-likeness (QED) is 0.643. The molecule has 1 fully saturated rings. The fourth-order valence-corrected chi connectivity index (χ4v) is 3.88. The van der Waals surface area contributed by atoms with E-state index in [9.17, 15) is 18.0 Å². The number of piperidine rings is 1. The third-order valence-electron chi connectivity index (χ3n) is 5.16. The first-order valence-electron chi connectivity index (χ1n) is 9.03. The molecule has 0 radical (unpaired) electrons. The first-order chi connectivity index (χ1) is 13.6. The lowest BCUT2D eigenvalue weighted by atomic mass is 9.92. The van der Waals surface area contributed by atoms with Crippen LogP contribution in [0.3, 0.4) is 0 Å². The van der Waals surface area contributed by atoms with E-state index in [-0.39, 0.29) is 23.9 Å². The van der Waals surface area contributed by atoms with Crippen LogP contribution in [0.25, 0.3) is 0 Å². The first kappa shape index (κ1) is 21.8. The van der Waals surface area contributed by atoms with E-state index in [1.54, 1.807) is 13.2 Å². The van der Waals surface area contributed by atoms with E-state index < -0.39 is 16.9 Å². The van der Waals surface area contributed by atoms with Gasteiger partial charge in [-0.2, -0.15) is 18.3 Å². The van der Waals surface area contributed by atoms with Crippen LogP contribution >= 0.6 is 23.2 Å². The molecule has 10 heteroatoms. The van der Waals surface area contributed by atoms with Crippen LogP contribution in [-0.4, -0.2) is 35.8 Å². The molecule has 29 heavy (non-hydrogen) atoms. The number of alkyl halides is 3. The fourth-order valence-electron chi connectivity index (χ4n) is 3.44. The molecule has 0 amide bonds. The van der Waals surface area contributed by atoms with Gasteiger partial charge in [-0.15, -0.1) is 0 Å². The van der Waals surface area contributed by atoms with Gasteiger partial charge < -0.3 is 9.64 Å². The number of hydrogen-bond donors (Lipinski definition) is 0. The van der Waals surface area contributed by atoms with Crippen molar-refractivity contribution in [3.63, 3.8) is 0 Å². The lowest BCUT2D eigenvalue weighted by Gasteiger charge is -2.33. The Labute approximate surface area is 176 Å². The van der Waals surface area contributed by atoms with Crippen LogP contribution in [0, 0.1) is 12.8 Å². The molecular formula is C19H20Cl2F3N3O2. The molecule has 5 nitrogen and oxygen atoms in total. The molecule has 1 saturated heterocycles. The van der Waals surface area contributed by atoms with E-state index in [0.717, 1.165) is 10.4 Å². The van der Waals surface area contributed by atoms with Gasteiger partial charge in [-0.25, -0.2) is 0 Å². The van der Waals surface area contributed by atoms with Gasteiger partial charge >= 0.3 is 6.18 Å². The molecule has 3 rings (SSSR count). The van der Waals surface area contributed by atoms with Crippen molar-refractivity contribution in [1.82, 2.24) is 9.78 Å². The van der Waals surface area contributed by atoms with Crippen LogP contribution in [0.1, 0.15) is 24.2 Å². The Kier molecular flexibility index (Phi) is 6.33. The molecule has 0 aliphatic carbocycles. The van der Waals surface area contributed by atoms with Crippen LogP contribution in [0.15, 0.2) is 18.2 Å². The van der Waals surface area contributed by atoms with Gasteiger partial charge in [-0.05, 0) is 31.9 Å². The zero-order valence-electron chi connectivity index (χ0n) is 15.9. The topological polar surface area (TPSA) is 47.4 Å². The summed E-state index contributed by atoms with van der Waals surface area (Å²) in [5.74, 6) is 0.195. The normalized spacial score (nSPS) is 15.6. The van der Waals surface area contributed by atoms with Crippen LogP contribution in [-0.2, 0) is 17.5 Å². The number of Topliss-reactive ketones (excluding diaryl/α,β-unsaturated/α-hetero) is 1. The minimum Gasteiger partial charge on any atom is -0.495 e. The van der Waals surface area contributed by atoms with Crippen molar-refractivity contribution in [1.29, 1.82) is 0 Å². The maximum Gasteiger partial charge on any atom is 0.436 e. The van der Waals surface area contributed by atoms with Gasteiger partial charge in [-0.1, -0.05) is 23.2 Å². The Bertz CT molecular complexity index is 907. The highest BCUT2D eigenvalue weighted by Gasteiger charge is 2.38. The van der Waals surface area contributed by atoms with Crippen molar-refractivity contribution in [2.45, 2.75) is 32.5 Å². The second-order valence-electron chi connectivity index (χ2n) is 6.95. The Morgan fingerprint density at radius 3 is 2.48 bits per heavy atom. The Morgan fingerprint density at radius 2 is 1.93 bits per heavy atom. The molecule has 158 valence electrons. The first-order valence-corrected chi connectivity index (χ1v) is 9.78. The molecule has 1 aromatic heterocycles. The van der Waals surface area contributed by atoms with Crippen LogP contribution < -0.4 is 9.64 Å². The number of nitrogens with zero attached hydrogens (tertiary/aromatic N) is 3. The molecular weight excluding hydrogens is 430 g/mol. The number of anilines is 1. The molecule has 0 unspecified atom stereocenters. The molecule has 1 aliphatic heterocycles. The summed E-state index contributed by atoms with van der Waals surface area (Å²) in [6, 6.07) is 5.49.